The number of hydrogen-bond donors (Lipinski definition) is 2. The molecule has 3 rings (SSSR count). The molecule has 1 aliphatic heterocycles. The Bertz CT molecular complexity index is 830. The number of aromatic nitrogens is 2. The molecule has 2 N–H and O–H groups in total. The molecule has 30 heavy (non-hydrogen) atoms. The fourth-order valence-corrected chi connectivity index (χ4v) is 3.71. The van der Waals surface area contributed by atoms with Gasteiger partial charge in [-0.1, -0.05) is 38.1 Å². The summed E-state index contributed by atoms with van der Waals surface area (Å²) in [6.45, 7) is 7.32. The van der Waals surface area contributed by atoms with E-state index in [0.717, 1.165) is 37.4 Å². The maximum atomic E-state index is 12.9. The molecule has 1 saturated heterocycles. The molecular formula is C23H31N5O2. The van der Waals surface area contributed by atoms with Crippen molar-refractivity contribution in [2.75, 3.05) is 18.0 Å². The fourth-order valence-electron chi connectivity index (χ4n) is 3.71. The highest BCUT2D eigenvalue weighted by Gasteiger charge is 2.26. The summed E-state index contributed by atoms with van der Waals surface area (Å²) in [6, 6.07) is 9.55. The second kappa shape index (κ2) is 10.2. The molecule has 1 aromatic heterocycles. The van der Waals surface area contributed by atoms with Crippen molar-refractivity contribution in [2.24, 2.45) is 0 Å². The van der Waals surface area contributed by atoms with E-state index in [-0.39, 0.29) is 17.9 Å². The minimum atomic E-state index is -0.581. The van der Waals surface area contributed by atoms with Crippen LogP contribution in [0.2, 0.25) is 0 Å². The van der Waals surface area contributed by atoms with E-state index in [4.69, 9.17) is 0 Å². The lowest BCUT2D eigenvalue weighted by Crippen LogP contribution is -2.52. The summed E-state index contributed by atoms with van der Waals surface area (Å²) in [5.74, 6) is 0.849. The third kappa shape index (κ3) is 6.02. The van der Waals surface area contributed by atoms with Crippen molar-refractivity contribution < 1.29 is 9.59 Å². The third-order valence-electron chi connectivity index (χ3n) is 5.46. The number of hydrogen-bond acceptors (Lipinski definition) is 5. The molecule has 1 fully saturated rings. The Balaban J connectivity index is 1.57. The van der Waals surface area contributed by atoms with Crippen LogP contribution in [0.4, 0.5) is 5.95 Å². The van der Waals surface area contributed by atoms with Crippen LogP contribution in [-0.4, -0.2) is 47.0 Å². The molecule has 1 unspecified atom stereocenters. The summed E-state index contributed by atoms with van der Waals surface area (Å²) in [7, 11) is 0. The third-order valence-corrected chi connectivity index (χ3v) is 5.46. The molecule has 7 heteroatoms. The normalized spacial score (nSPS) is 15.7. The fraction of sp³-hybridized carbons (Fsp3) is 0.478. The number of nitrogens with one attached hydrogen (secondary N) is 2. The standard InChI is InChI=1S/C23H31N5O2/c1-16(2)19-7-5-18(6-8-19)15-21(26-17(3)29)22(30)27-20-9-13-28(14-10-20)23-24-11-4-12-25-23/h4-8,11-12,16,20-21H,9-10,13-15H2,1-3H3,(H,26,29)(H,27,30). The highest BCUT2D eigenvalue weighted by atomic mass is 16.2. The molecule has 0 spiro atoms. The molecule has 0 saturated carbocycles. The first-order valence-corrected chi connectivity index (χ1v) is 10.6. The molecule has 0 aliphatic carbocycles. The van der Waals surface area contributed by atoms with Gasteiger partial charge in [0, 0.05) is 44.9 Å². The summed E-state index contributed by atoms with van der Waals surface area (Å²) < 4.78 is 0. The lowest BCUT2D eigenvalue weighted by Gasteiger charge is -2.33. The summed E-state index contributed by atoms with van der Waals surface area (Å²) in [6.07, 6.45) is 5.59. The van der Waals surface area contributed by atoms with E-state index < -0.39 is 6.04 Å². The number of piperidine rings is 1. The minimum absolute atomic E-state index is 0.0806. The van der Waals surface area contributed by atoms with Gasteiger partial charge in [0.15, 0.2) is 0 Å². The quantitative estimate of drug-likeness (QED) is 0.733. The Kier molecular flexibility index (Phi) is 7.38. The average Bonchev–Trinajstić information content (AvgIpc) is 2.74. The van der Waals surface area contributed by atoms with Crippen LogP contribution in [0.1, 0.15) is 50.7 Å². The van der Waals surface area contributed by atoms with Crippen LogP contribution < -0.4 is 15.5 Å². The topological polar surface area (TPSA) is 87.2 Å². The summed E-state index contributed by atoms with van der Waals surface area (Å²) in [4.78, 5) is 35.3. The highest BCUT2D eigenvalue weighted by molar-refractivity contribution is 5.87. The Morgan fingerprint density at radius 2 is 1.73 bits per heavy atom. The van der Waals surface area contributed by atoms with Crippen molar-refractivity contribution in [2.45, 2.75) is 58.0 Å². The molecule has 2 heterocycles. The highest BCUT2D eigenvalue weighted by Crippen LogP contribution is 2.17. The lowest BCUT2D eigenvalue weighted by atomic mass is 9.98. The molecule has 0 radical (unpaired) electrons. The number of benzene rings is 1. The maximum Gasteiger partial charge on any atom is 0.243 e. The van der Waals surface area contributed by atoms with Gasteiger partial charge in [0.05, 0.1) is 0 Å². The number of carbonyl (C=O) groups excluding carboxylic acids is 2. The van der Waals surface area contributed by atoms with Gasteiger partial charge in [0.25, 0.3) is 0 Å². The number of anilines is 1. The predicted molar refractivity (Wildman–Crippen MR) is 117 cm³/mol. The second-order valence-corrected chi connectivity index (χ2v) is 8.17. The Morgan fingerprint density at radius 3 is 2.30 bits per heavy atom. The Hall–Kier alpha value is -2.96. The van der Waals surface area contributed by atoms with Crippen LogP contribution in [0.3, 0.4) is 0 Å². The van der Waals surface area contributed by atoms with Crippen LogP contribution in [0.15, 0.2) is 42.7 Å². The smallest absolute Gasteiger partial charge is 0.243 e. The number of amides is 2. The monoisotopic (exact) mass is 409 g/mol. The summed E-state index contributed by atoms with van der Waals surface area (Å²) in [5, 5.41) is 5.93. The van der Waals surface area contributed by atoms with E-state index in [0.29, 0.717) is 12.3 Å². The summed E-state index contributed by atoms with van der Waals surface area (Å²) >= 11 is 0. The van der Waals surface area contributed by atoms with Gasteiger partial charge < -0.3 is 15.5 Å². The van der Waals surface area contributed by atoms with Crippen molar-refractivity contribution in [1.82, 2.24) is 20.6 Å². The van der Waals surface area contributed by atoms with Crippen LogP contribution in [0.25, 0.3) is 0 Å². The molecule has 1 aromatic carbocycles. The zero-order valence-corrected chi connectivity index (χ0v) is 18.0. The summed E-state index contributed by atoms with van der Waals surface area (Å²) in [5.41, 5.74) is 2.29. The maximum absolute atomic E-state index is 12.9. The van der Waals surface area contributed by atoms with Crippen LogP contribution >= 0.6 is 0 Å². The van der Waals surface area contributed by atoms with Crippen molar-refractivity contribution in [3.05, 3.63) is 53.9 Å². The average molecular weight is 410 g/mol. The number of carbonyl (C=O) groups is 2. The molecule has 2 amide bonds. The lowest BCUT2D eigenvalue weighted by molar-refractivity contribution is -0.128. The predicted octanol–water partition coefficient (Wildman–Crippen LogP) is 2.43. The minimum Gasteiger partial charge on any atom is -0.351 e. The van der Waals surface area contributed by atoms with Crippen LogP contribution in [-0.2, 0) is 16.0 Å². The van der Waals surface area contributed by atoms with Crippen molar-refractivity contribution in [3.8, 4) is 0 Å². The van der Waals surface area contributed by atoms with Gasteiger partial charge in [0.2, 0.25) is 17.8 Å². The van der Waals surface area contributed by atoms with Gasteiger partial charge in [-0.15, -0.1) is 0 Å². The first-order chi connectivity index (χ1) is 14.4. The van der Waals surface area contributed by atoms with Crippen LogP contribution in [0, 0.1) is 0 Å². The number of rotatable bonds is 7. The Morgan fingerprint density at radius 1 is 1.10 bits per heavy atom. The van der Waals surface area contributed by atoms with E-state index in [9.17, 15) is 9.59 Å². The van der Waals surface area contributed by atoms with Gasteiger partial charge in [-0.25, -0.2) is 9.97 Å². The van der Waals surface area contributed by atoms with E-state index in [1.807, 2.05) is 12.1 Å². The van der Waals surface area contributed by atoms with Gasteiger partial charge >= 0.3 is 0 Å². The number of nitrogens with zero attached hydrogens (tertiary/aromatic N) is 3. The van der Waals surface area contributed by atoms with Gasteiger partial charge in [-0.05, 0) is 36.0 Å². The van der Waals surface area contributed by atoms with E-state index in [1.54, 1.807) is 18.5 Å². The SMILES string of the molecule is CC(=O)NC(Cc1ccc(C(C)C)cc1)C(=O)NC1CCN(c2ncccn2)CC1. The van der Waals surface area contributed by atoms with E-state index >= 15 is 0 Å². The molecule has 7 nitrogen and oxygen atoms in total. The molecule has 2 aromatic rings. The molecule has 160 valence electrons. The largest absolute Gasteiger partial charge is 0.351 e. The zero-order chi connectivity index (χ0) is 21.5. The zero-order valence-electron chi connectivity index (χ0n) is 18.0. The van der Waals surface area contributed by atoms with Gasteiger partial charge in [-0.3, -0.25) is 9.59 Å². The van der Waals surface area contributed by atoms with Gasteiger partial charge in [0.1, 0.15) is 6.04 Å². The van der Waals surface area contributed by atoms with E-state index in [2.05, 4.69) is 51.5 Å². The molecular weight excluding hydrogens is 378 g/mol. The van der Waals surface area contributed by atoms with Gasteiger partial charge in [-0.2, -0.15) is 0 Å². The first-order valence-electron chi connectivity index (χ1n) is 10.6. The second-order valence-electron chi connectivity index (χ2n) is 8.17. The van der Waals surface area contributed by atoms with Crippen molar-refractivity contribution in [1.29, 1.82) is 0 Å². The van der Waals surface area contributed by atoms with E-state index in [1.165, 1.54) is 12.5 Å². The Labute approximate surface area is 178 Å². The molecule has 0 bridgehead atoms. The molecule has 1 aliphatic rings. The van der Waals surface area contributed by atoms with Crippen molar-refractivity contribution in [3.63, 3.8) is 0 Å². The van der Waals surface area contributed by atoms with Crippen molar-refractivity contribution >= 4 is 17.8 Å². The first kappa shape index (κ1) is 21.7. The molecule has 1 atom stereocenters. The van der Waals surface area contributed by atoms with Crippen LogP contribution in [0.5, 0.6) is 0 Å².